The summed E-state index contributed by atoms with van der Waals surface area (Å²) in [4.78, 5) is 72.8. The van der Waals surface area contributed by atoms with Crippen LogP contribution in [0.25, 0.3) is 0 Å². The molecule has 0 spiro atoms. The fourth-order valence-corrected chi connectivity index (χ4v) is 11.6. The van der Waals surface area contributed by atoms with Crippen molar-refractivity contribution in [3.8, 4) is 0 Å². The first-order valence-corrected chi connectivity index (χ1v) is 41.5. The molecule has 0 aromatic carbocycles. The third kappa shape index (κ3) is 70.4. The van der Waals surface area contributed by atoms with E-state index in [2.05, 4.69) is 113 Å². The highest BCUT2D eigenvalue weighted by molar-refractivity contribution is 7.47. The Morgan fingerprint density at radius 1 is 0.286 bits per heavy atom. The van der Waals surface area contributed by atoms with Crippen molar-refractivity contribution in [2.24, 2.45) is 0 Å². The van der Waals surface area contributed by atoms with Crippen molar-refractivity contribution in [3.05, 3.63) is 97.2 Å². The van der Waals surface area contributed by atoms with Crippen molar-refractivity contribution in [3.63, 3.8) is 0 Å². The zero-order valence-corrected chi connectivity index (χ0v) is 63.5. The molecule has 0 heterocycles. The highest BCUT2D eigenvalue weighted by atomic mass is 31.2. The summed E-state index contributed by atoms with van der Waals surface area (Å²) in [6, 6.07) is 0. The molecule has 17 nitrogen and oxygen atoms in total. The van der Waals surface area contributed by atoms with E-state index in [1.54, 1.807) is 0 Å². The molecule has 98 heavy (non-hydrogen) atoms. The number of phosphoric acid groups is 2. The van der Waals surface area contributed by atoms with Crippen LogP contribution in [0, 0.1) is 0 Å². The first-order chi connectivity index (χ1) is 47.7. The van der Waals surface area contributed by atoms with Gasteiger partial charge in [-0.15, -0.1) is 0 Å². The minimum Gasteiger partial charge on any atom is -0.462 e. The number of phosphoric ester groups is 2. The van der Waals surface area contributed by atoms with Gasteiger partial charge in [0.15, 0.2) is 12.2 Å². The highest BCUT2D eigenvalue weighted by Crippen LogP contribution is 2.45. The molecule has 0 aromatic rings. The van der Waals surface area contributed by atoms with E-state index < -0.39 is 97.5 Å². The molecule has 0 aromatic heterocycles. The molecule has 0 amide bonds. The van der Waals surface area contributed by atoms with Crippen molar-refractivity contribution in [2.75, 3.05) is 39.6 Å². The molecule has 5 atom stereocenters. The largest absolute Gasteiger partial charge is 0.472 e. The second-order valence-corrected chi connectivity index (χ2v) is 28.5. The minimum atomic E-state index is -4.99. The highest BCUT2D eigenvalue weighted by Gasteiger charge is 2.30. The Kier molecular flexibility index (Phi) is 68.4. The fraction of sp³-hybridized carbons (Fsp3) is 0.747. The molecule has 0 saturated heterocycles. The van der Waals surface area contributed by atoms with E-state index in [0.29, 0.717) is 32.1 Å². The second kappa shape index (κ2) is 71.4. The maximum absolute atomic E-state index is 13.1. The summed E-state index contributed by atoms with van der Waals surface area (Å²) in [5.41, 5.74) is 0. The Bertz CT molecular complexity index is 2240. The van der Waals surface area contributed by atoms with Gasteiger partial charge in [0.1, 0.15) is 19.3 Å². The molecule has 0 bridgehead atoms. The molecule has 0 saturated carbocycles. The predicted octanol–water partition coefficient (Wildman–Crippen LogP) is 22.0. The summed E-state index contributed by atoms with van der Waals surface area (Å²) in [6.07, 6.45) is 74.0. The Morgan fingerprint density at radius 3 is 0.837 bits per heavy atom. The monoisotopic (exact) mass is 1420 g/mol. The van der Waals surface area contributed by atoms with Gasteiger partial charge in [0, 0.05) is 25.7 Å². The van der Waals surface area contributed by atoms with Gasteiger partial charge in [-0.3, -0.25) is 37.3 Å². The van der Waals surface area contributed by atoms with Crippen molar-refractivity contribution in [1.82, 2.24) is 0 Å². The van der Waals surface area contributed by atoms with Gasteiger partial charge < -0.3 is 33.8 Å². The number of aliphatic hydroxyl groups is 1. The van der Waals surface area contributed by atoms with Gasteiger partial charge >= 0.3 is 39.5 Å². The van der Waals surface area contributed by atoms with Crippen LogP contribution in [0.15, 0.2) is 97.2 Å². The molecule has 19 heteroatoms. The first kappa shape index (κ1) is 94.0. The lowest BCUT2D eigenvalue weighted by atomic mass is 10.1. The molecule has 3 N–H and O–H groups in total. The molecule has 0 radical (unpaired) electrons. The van der Waals surface area contributed by atoms with Crippen LogP contribution in [0.2, 0.25) is 0 Å². The Morgan fingerprint density at radius 2 is 0.510 bits per heavy atom. The van der Waals surface area contributed by atoms with Crippen LogP contribution in [0.1, 0.15) is 323 Å². The number of carbonyl (C=O) groups excluding carboxylic acids is 4. The number of allylic oxidation sites excluding steroid dienone is 16. The van der Waals surface area contributed by atoms with Crippen LogP contribution in [-0.2, 0) is 65.4 Å². The lowest BCUT2D eigenvalue weighted by molar-refractivity contribution is -0.161. The van der Waals surface area contributed by atoms with Gasteiger partial charge in [-0.25, -0.2) is 9.13 Å². The quantitative estimate of drug-likeness (QED) is 0.0169. The second-order valence-electron chi connectivity index (χ2n) is 25.6. The van der Waals surface area contributed by atoms with Crippen molar-refractivity contribution in [1.29, 1.82) is 0 Å². The number of hydrogen-bond acceptors (Lipinski definition) is 15. The van der Waals surface area contributed by atoms with Crippen LogP contribution >= 0.6 is 15.6 Å². The number of hydrogen-bond donors (Lipinski definition) is 3. The third-order valence-electron chi connectivity index (χ3n) is 16.0. The van der Waals surface area contributed by atoms with Gasteiger partial charge in [-0.2, -0.15) is 0 Å². The Balaban J connectivity index is 5.41. The van der Waals surface area contributed by atoms with Crippen LogP contribution < -0.4 is 0 Å². The van der Waals surface area contributed by atoms with E-state index in [9.17, 15) is 43.2 Å². The molecule has 0 rings (SSSR count). The standard InChI is InChI=1S/C79H138O17P2/c1-5-9-13-17-21-25-29-33-35-36-38-41-44-48-52-56-60-64-77(82)90-70-75(96-79(84)66-62-58-54-50-46-42-37-34-30-26-22-18-14-10-6-2)72-94-98(87,88)92-68-73(80)67-91-97(85,86)93-71-74(95-78(83)65-61-57-53-49-45-40-32-28-24-20-16-12-8-4)69-89-76(81)63-59-55-51-47-43-39-31-27-23-19-15-11-7-3/h21-22,25-28,31-35,37-38,41,48,52,73-75,80H,5-20,23-24,29-30,36,39-40,42-47,49-51,53-72H2,1-4H3,(H,85,86)(H,87,88)/b25-21-,26-22-,31-27-,32-28-,35-33-,37-34-,41-38-,52-48-/t73-,74+,75+/m0/s1. The smallest absolute Gasteiger partial charge is 0.462 e. The molecule has 0 fully saturated rings. The fourth-order valence-electron chi connectivity index (χ4n) is 10.1. The van der Waals surface area contributed by atoms with E-state index >= 15 is 0 Å². The number of esters is 4. The molecule has 0 aliphatic heterocycles. The maximum atomic E-state index is 13.1. The Labute approximate surface area is 595 Å². The number of rotatable bonds is 72. The number of carbonyl (C=O) groups is 4. The maximum Gasteiger partial charge on any atom is 0.472 e. The van der Waals surface area contributed by atoms with E-state index in [1.165, 1.54) is 89.9 Å². The van der Waals surface area contributed by atoms with Crippen molar-refractivity contribution < 1.29 is 80.2 Å². The number of unbranched alkanes of at least 4 members (excludes halogenated alkanes) is 30. The molecule has 566 valence electrons. The normalized spacial score (nSPS) is 14.5. The summed E-state index contributed by atoms with van der Waals surface area (Å²) in [5, 5.41) is 10.6. The lowest BCUT2D eigenvalue weighted by Crippen LogP contribution is -2.30. The van der Waals surface area contributed by atoms with Crippen LogP contribution in [0.5, 0.6) is 0 Å². The van der Waals surface area contributed by atoms with E-state index in [0.717, 1.165) is 148 Å². The van der Waals surface area contributed by atoms with Gasteiger partial charge in [0.05, 0.1) is 26.4 Å². The van der Waals surface area contributed by atoms with Crippen LogP contribution in [-0.4, -0.2) is 96.7 Å². The zero-order chi connectivity index (χ0) is 71.8. The molecular weight excluding hydrogens is 1280 g/mol. The van der Waals surface area contributed by atoms with Gasteiger partial charge in [0.2, 0.25) is 0 Å². The summed E-state index contributed by atoms with van der Waals surface area (Å²) in [5.74, 6) is -2.26. The average molecular weight is 1420 g/mol. The van der Waals surface area contributed by atoms with E-state index in [4.69, 9.17) is 37.0 Å². The minimum absolute atomic E-state index is 0.0670. The topological polar surface area (TPSA) is 237 Å². The van der Waals surface area contributed by atoms with Gasteiger partial charge in [0.25, 0.3) is 0 Å². The first-order valence-electron chi connectivity index (χ1n) is 38.5. The molecule has 0 aliphatic carbocycles. The number of aliphatic hydroxyl groups excluding tert-OH is 1. The van der Waals surface area contributed by atoms with E-state index in [-0.39, 0.29) is 25.7 Å². The van der Waals surface area contributed by atoms with Crippen molar-refractivity contribution >= 4 is 39.5 Å². The van der Waals surface area contributed by atoms with Crippen molar-refractivity contribution in [2.45, 2.75) is 341 Å². The lowest BCUT2D eigenvalue weighted by Gasteiger charge is -2.21. The summed E-state index contributed by atoms with van der Waals surface area (Å²) < 4.78 is 68.4. The number of ether oxygens (including phenoxy) is 4. The third-order valence-corrected chi connectivity index (χ3v) is 17.9. The molecule has 0 aliphatic rings. The van der Waals surface area contributed by atoms with Gasteiger partial charge in [-0.1, -0.05) is 247 Å². The van der Waals surface area contributed by atoms with Crippen LogP contribution in [0.3, 0.4) is 0 Å². The molecular formula is C79H138O17P2. The SMILES string of the molecule is CCCCC/C=C\C/C=C\C/C=C\C/C=C\CCCC(=O)OC[C@H](COP(=O)(O)OC[C@@H](O)COP(=O)(O)OC[C@@H](COC(=O)CCCCCCC/C=C\CCCCCC)OC(=O)CCCCCCC/C=C\CCCCCC)OC(=O)CCCCCCC/C=C\C/C=C\CCCCC. The molecule has 2 unspecified atom stereocenters. The Hall–Kier alpha value is -4.02. The van der Waals surface area contributed by atoms with E-state index in [1.807, 2.05) is 12.2 Å². The summed E-state index contributed by atoms with van der Waals surface area (Å²) in [7, 11) is -9.97. The zero-order valence-electron chi connectivity index (χ0n) is 61.7. The summed E-state index contributed by atoms with van der Waals surface area (Å²) >= 11 is 0. The van der Waals surface area contributed by atoms with Crippen LogP contribution in [0.4, 0.5) is 0 Å². The average Bonchev–Trinajstić information content (AvgIpc) is 1.05. The predicted molar refractivity (Wildman–Crippen MR) is 399 cm³/mol. The summed E-state index contributed by atoms with van der Waals surface area (Å²) in [6.45, 7) is 4.71. The van der Waals surface area contributed by atoms with Gasteiger partial charge in [-0.05, 0) is 148 Å².